The van der Waals surface area contributed by atoms with Crippen LogP contribution in [-0.4, -0.2) is 44.4 Å². The van der Waals surface area contributed by atoms with Crippen LogP contribution in [0.15, 0.2) is 37.2 Å². The first-order chi connectivity index (χ1) is 9.95. The molecule has 0 aliphatic rings. The van der Waals surface area contributed by atoms with Gasteiger partial charge in [-0.2, -0.15) is 0 Å². The molecule has 0 aliphatic carbocycles. The van der Waals surface area contributed by atoms with Gasteiger partial charge in [0.15, 0.2) is 5.41 Å². The summed E-state index contributed by atoms with van der Waals surface area (Å²) in [4.78, 5) is 11.6. The van der Waals surface area contributed by atoms with Crippen LogP contribution in [0.4, 0.5) is 0 Å². The Morgan fingerprint density at radius 2 is 1.55 bits per heavy atom. The van der Waals surface area contributed by atoms with Crippen molar-refractivity contribution in [1.82, 2.24) is 0 Å². The van der Waals surface area contributed by atoms with E-state index in [0.717, 1.165) is 6.08 Å². The lowest BCUT2D eigenvalue weighted by atomic mass is 10.2. The van der Waals surface area contributed by atoms with Crippen LogP contribution in [0.5, 0.6) is 0 Å². The van der Waals surface area contributed by atoms with Crippen molar-refractivity contribution in [1.29, 1.82) is 0 Å². The number of esters is 1. The van der Waals surface area contributed by atoms with Crippen molar-refractivity contribution in [3.8, 4) is 0 Å². The molecule has 7 heteroatoms. The lowest BCUT2D eigenvalue weighted by Gasteiger charge is -2.44. The fourth-order valence-electron chi connectivity index (χ4n) is 2.03. The van der Waals surface area contributed by atoms with Crippen LogP contribution in [-0.2, 0) is 18.4 Å². The van der Waals surface area contributed by atoms with Crippen LogP contribution >= 0.6 is 0 Å². The maximum absolute atomic E-state index is 11.6. The van der Waals surface area contributed by atoms with Crippen LogP contribution < -0.4 is 0 Å². The lowest BCUT2D eigenvalue weighted by molar-refractivity contribution is -0.175. The molecule has 22 heavy (non-hydrogen) atoms. The van der Waals surface area contributed by atoms with E-state index in [4.69, 9.17) is 13.6 Å². The van der Waals surface area contributed by atoms with Crippen molar-refractivity contribution in [3.05, 3.63) is 37.2 Å². The number of hydrogen-bond acceptors (Lipinski definition) is 4. The highest BCUT2D eigenvalue weighted by Crippen LogP contribution is 2.29. The molecule has 0 amide bonds. The Kier molecular flexibility index (Phi) is 7.93. The maximum Gasteiger partial charge on any atom is 0.330 e. The smallest absolute Gasteiger partial charge is 0.330 e. The molecule has 1 atom stereocenters. The van der Waals surface area contributed by atoms with Gasteiger partial charge in [0.25, 0.3) is 0 Å². The summed E-state index contributed by atoms with van der Waals surface area (Å²) in [5.41, 5.74) is 2.81. The summed E-state index contributed by atoms with van der Waals surface area (Å²) in [5.74, 6) is -0.463. The minimum Gasteiger partial charge on any atom is -0.454 e. The minimum atomic E-state index is -2.12. The summed E-state index contributed by atoms with van der Waals surface area (Å²) >= 11 is 0. The Morgan fingerprint density at radius 3 is 1.82 bits per heavy atom. The van der Waals surface area contributed by atoms with Crippen molar-refractivity contribution in [2.24, 2.45) is 0 Å². The molecule has 0 rings (SSSR count). The second-order valence-corrected chi connectivity index (χ2v) is 15.4. The Hall–Kier alpha value is -0.739. The van der Waals surface area contributed by atoms with Gasteiger partial charge < -0.3 is 13.6 Å². The van der Waals surface area contributed by atoms with Gasteiger partial charge in [0.2, 0.25) is 16.6 Å². The summed E-state index contributed by atoms with van der Waals surface area (Å²) in [5, 5.41) is 0. The third-order valence-corrected chi connectivity index (χ3v) is 8.99. The number of hydrogen-bond donors (Lipinski definition) is 0. The summed E-state index contributed by atoms with van der Waals surface area (Å²) in [6.07, 6.45) is 1.30. The van der Waals surface area contributed by atoms with Gasteiger partial charge in [-0.1, -0.05) is 24.9 Å². The van der Waals surface area contributed by atoms with E-state index in [1.807, 2.05) is 44.5 Å². The molecule has 0 bridgehead atoms. The molecule has 0 aliphatic heterocycles. The zero-order chi connectivity index (χ0) is 17.6. The summed E-state index contributed by atoms with van der Waals surface area (Å²) in [7, 11) is -3.68. The Bertz CT molecular complexity index is 411. The molecular weight excluding hydrogens is 328 g/mol. The van der Waals surface area contributed by atoms with Crippen LogP contribution in [0.25, 0.3) is 0 Å². The monoisotopic (exact) mass is 358 g/mol. The molecule has 0 fully saturated rings. The largest absolute Gasteiger partial charge is 0.454 e. The fraction of sp³-hybridized carbons (Fsp3) is 0.533. The predicted octanol–water partition coefficient (Wildman–Crippen LogP) is 2.41. The topological polar surface area (TPSA) is 44.8 Å². The van der Waals surface area contributed by atoms with Gasteiger partial charge in [0, 0.05) is 6.08 Å². The zero-order valence-corrected chi connectivity index (χ0v) is 18.8. The van der Waals surface area contributed by atoms with Crippen LogP contribution in [0.1, 0.15) is 13.3 Å². The number of rotatable bonds is 10. The van der Waals surface area contributed by atoms with Gasteiger partial charge in [-0.25, -0.2) is 4.79 Å². The fourth-order valence-corrected chi connectivity index (χ4v) is 8.40. The van der Waals surface area contributed by atoms with Crippen LogP contribution in [0, 0.1) is 0 Å². The van der Waals surface area contributed by atoms with E-state index in [1.54, 1.807) is 0 Å². The van der Waals surface area contributed by atoms with E-state index in [9.17, 15) is 4.79 Å². The minimum absolute atomic E-state index is 0.463. The van der Waals surface area contributed by atoms with Gasteiger partial charge in [-0.05, 0) is 32.6 Å². The first-order valence-electron chi connectivity index (χ1n) is 7.46. The number of carbonyl (C=O) groups excluding carboxylic acids is 1. The van der Waals surface area contributed by atoms with E-state index in [-0.39, 0.29) is 0 Å². The van der Waals surface area contributed by atoms with Crippen molar-refractivity contribution < 1.29 is 18.4 Å². The van der Waals surface area contributed by atoms with E-state index < -0.39 is 34.1 Å². The Morgan fingerprint density at radius 1 is 1.14 bits per heavy atom. The molecule has 0 aromatic heterocycles. The highest BCUT2D eigenvalue weighted by atomic mass is 28.4. The molecule has 0 saturated carbocycles. The molecule has 0 spiro atoms. The van der Waals surface area contributed by atoms with E-state index in [2.05, 4.69) is 19.7 Å². The lowest BCUT2D eigenvalue weighted by Crippen LogP contribution is -2.59. The third kappa shape index (κ3) is 6.57. The maximum atomic E-state index is 11.6. The molecule has 0 N–H and O–H groups in total. The third-order valence-electron chi connectivity index (χ3n) is 3.30. The normalized spacial score (nSPS) is 14.2. The van der Waals surface area contributed by atoms with Crippen LogP contribution in [0.3, 0.4) is 0 Å². The molecule has 1 unspecified atom stereocenters. The van der Waals surface area contributed by atoms with Crippen LogP contribution in [0.2, 0.25) is 26.2 Å². The molecular formula is C15H30O4Si3. The van der Waals surface area contributed by atoms with E-state index >= 15 is 0 Å². The Labute approximate surface area is 139 Å². The Balaban J connectivity index is 5.63. The molecule has 0 heterocycles. The van der Waals surface area contributed by atoms with E-state index in [0.29, 0.717) is 16.7 Å². The first kappa shape index (κ1) is 21.3. The molecule has 126 valence electrons. The zero-order valence-electron chi connectivity index (χ0n) is 14.8. The second-order valence-electron chi connectivity index (χ2n) is 6.37. The van der Waals surface area contributed by atoms with Gasteiger partial charge >= 0.3 is 5.97 Å². The molecule has 0 radical (unpaired) electrons. The second kappa shape index (κ2) is 8.21. The molecule has 0 saturated heterocycles. The van der Waals surface area contributed by atoms with Crippen molar-refractivity contribution in [2.75, 3.05) is 0 Å². The number of carbonyl (C=O) groups is 1. The highest BCUT2D eigenvalue weighted by molar-refractivity contribution is 6.77. The van der Waals surface area contributed by atoms with Gasteiger partial charge in [0.1, 0.15) is 6.10 Å². The SMILES string of the molecule is C=CC(=O)OC(CC)C([SiH3])(O[Si](C)(C)C=C)O[Si](C)(C)C=C. The van der Waals surface area contributed by atoms with Crippen molar-refractivity contribution in [3.63, 3.8) is 0 Å². The predicted molar refractivity (Wildman–Crippen MR) is 101 cm³/mol. The molecule has 0 aromatic carbocycles. The average Bonchev–Trinajstić information content (AvgIpc) is 2.42. The first-order valence-corrected chi connectivity index (χ1v) is 14.4. The van der Waals surface area contributed by atoms with Crippen molar-refractivity contribution in [2.45, 2.75) is 51.0 Å². The summed E-state index contributed by atoms with van der Waals surface area (Å²) in [6.45, 7) is 21.3. The van der Waals surface area contributed by atoms with Gasteiger partial charge in [-0.3, -0.25) is 0 Å². The number of ether oxygens (including phenoxy) is 1. The van der Waals surface area contributed by atoms with E-state index in [1.165, 1.54) is 0 Å². The molecule has 4 nitrogen and oxygen atoms in total. The summed E-state index contributed by atoms with van der Waals surface area (Å²) < 4.78 is 18.2. The highest BCUT2D eigenvalue weighted by Gasteiger charge is 2.45. The average molecular weight is 359 g/mol. The van der Waals surface area contributed by atoms with Crippen molar-refractivity contribution >= 4 is 32.8 Å². The molecule has 0 aromatic rings. The summed E-state index contributed by atoms with van der Waals surface area (Å²) in [6, 6.07) is 0. The quantitative estimate of drug-likeness (QED) is 0.260. The van der Waals surface area contributed by atoms with Gasteiger partial charge in [-0.15, -0.1) is 13.2 Å². The van der Waals surface area contributed by atoms with Gasteiger partial charge in [0.05, 0.1) is 10.2 Å². The standard InChI is InChI=1S/C15H30O4Si3/c1-9-13(17-14(16)10-2)15(20,18-21(5,6)11-3)19-22(7,8)12-4/h10-13H,2-4,9H2,1,5-8,20H3.